The third-order valence-electron chi connectivity index (χ3n) is 5.15. The second-order valence-corrected chi connectivity index (χ2v) is 7.45. The minimum atomic E-state index is -0.0402. The molecule has 0 radical (unpaired) electrons. The van der Waals surface area contributed by atoms with Crippen LogP contribution in [-0.2, 0) is 0 Å². The molecule has 0 aliphatic carbocycles. The summed E-state index contributed by atoms with van der Waals surface area (Å²) in [4.78, 5) is 0. The first-order valence-electron chi connectivity index (χ1n) is 9.49. The number of hydrogen-bond acceptors (Lipinski definition) is 5. The van der Waals surface area contributed by atoms with Gasteiger partial charge < -0.3 is 14.6 Å². The number of rotatable bonds is 3. The molecule has 0 amide bonds. The van der Waals surface area contributed by atoms with Crippen molar-refractivity contribution in [3.8, 4) is 17.2 Å². The Morgan fingerprint density at radius 1 is 0.931 bits per heavy atom. The Morgan fingerprint density at radius 2 is 1.72 bits per heavy atom. The van der Waals surface area contributed by atoms with Crippen molar-refractivity contribution in [1.29, 1.82) is 0 Å². The number of hydrogen-bond donors (Lipinski definition) is 1. The first kappa shape index (κ1) is 17.9. The van der Waals surface area contributed by atoms with Crippen molar-refractivity contribution >= 4 is 23.0 Å². The van der Waals surface area contributed by atoms with Gasteiger partial charge in [-0.1, -0.05) is 35.9 Å². The van der Waals surface area contributed by atoms with Gasteiger partial charge in [-0.3, -0.25) is 5.01 Å². The number of aromatic hydroxyl groups is 1. The highest BCUT2D eigenvalue weighted by atomic mass is 35.5. The number of ether oxygens (including phenoxy) is 2. The third kappa shape index (κ3) is 3.38. The highest BCUT2D eigenvalue weighted by molar-refractivity contribution is 6.31. The quantitative estimate of drug-likeness (QED) is 0.651. The maximum atomic E-state index is 10.4. The molecule has 0 fully saturated rings. The molecule has 2 aliphatic heterocycles. The fourth-order valence-electron chi connectivity index (χ4n) is 3.76. The highest BCUT2D eigenvalue weighted by Gasteiger charge is 2.32. The number of nitrogens with zero attached hydrogens (tertiary/aromatic N) is 2. The number of para-hydroxylation sites is 1. The molecule has 3 aromatic carbocycles. The minimum Gasteiger partial charge on any atom is -0.507 e. The van der Waals surface area contributed by atoms with Crippen LogP contribution in [0.5, 0.6) is 17.2 Å². The van der Waals surface area contributed by atoms with E-state index in [2.05, 4.69) is 0 Å². The Bertz CT molecular complexity index is 1080. The number of fused-ring (bicyclic) bond motifs is 1. The summed E-state index contributed by atoms with van der Waals surface area (Å²) in [7, 11) is 0. The first-order chi connectivity index (χ1) is 14.2. The fraction of sp³-hybridized carbons (Fsp3) is 0.174. The lowest BCUT2D eigenvalue weighted by molar-refractivity contribution is 0.171. The number of anilines is 1. The van der Waals surface area contributed by atoms with Crippen molar-refractivity contribution < 1.29 is 14.6 Å². The lowest BCUT2D eigenvalue weighted by Crippen LogP contribution is -2.20. The van der Waals surface area contributed by atoms with E-state index in [0.29, 0.717) is 30.2 Å². The van der Waals surface area contributed by atoms with Crippen molar-refractivity contribution in [2.45, 2.75) is 12.5 Å². The number of benzene rings is 3. The molecular weight excluding hydrogens is 388 g/mol. The molecule has 146 valence electrons. The van der Waals surface area contributed by atoms with Gasteiger partial charge in [0.1, 0.15) is 19.0 Å². The van der Waals surface area contributed by atoms with Crippen molar-refractivity contribution in [2.75, 3.05) is 18.2 Å². The van der Waals surface area contributed by atoms with Crippen LogP contribution in [0.2, 0.25) is 5.02 Å². The van der Waals surface area contributed by atoms with E-state index in [1.807, 2.05) is 53.5 Å². The smallest absolute Gasteiger partial charge is 0.161 e. The van der Waals surface area contributed by atoms with Gasteiger partial charge in [0.05, 0.1) is 17.4 Å². The Labute approximate surface area is 173 Å². The molecule has 5 rings (SSSR count). The summed E-state index contributed by atoms with van der Waals surface area (Å²) in [6, 6.07) is 21.0. The molecule has 1 atom stereocenters. The number of phenols is 1. The van der Waals surface area contributed by atoms with Crippen molar-refractivity contribution in [2.24, 2.45) is 5.10 Å². The molecule has 0 spiro atoms. The number of hydrazone groups is 1. The van der Waals surface area contributed by atoms with E-state index in [9.17, 15) is 5.11 Å². The standard InChI is InChI=1S/C23H19ClN2O3/c24-16-7-8-21(27)18(13-16)19-14-20(26(25-19)17-4-2-1-3-5-17)15-6-9-22-23(12-15)29-11-10-28-22/h1-9,12-13,20,27H,10-11,14H2. The fourth-order valence-corrected chi connectivity index (χ4v) is 3.93. The number of halogens is 1. The normalized spacial score (nSPS) is 17.9. The molecule has 2 aliphatic rings. The molecule has 0 aromatic heterocycles. The maximum Gasteiger partial charge on any atom is 0.161 e. The Hall–Kier alpha value is -3.18. The van der Waals surface area contributed by atoms with Gasteiger partial charge in [-0.25, -0.2) is 0 Å². The van der Waals surface area contributed by atoms with E-state index in [-0.39, 0.29) is 11.8 Å². The Balaban J connectivity index is 1.57. The van der Waals surface area contributed by atoms with Crippen LogP contribution in [0.4, 0.5) is 5.69 Å². The van der Waals surface area contributed by atoms with Crippen LogP contribution in [0, 0.1) is 0 Å². The Kier molecular flexibility index (Phi) is 4.52. The van der Waals surface area contributed by atoms with Gasteiger partial charge in [0.15, 0.2) is 11.5 Å². The summed E-state index contributed by atoms with van der Waals surface area (Å²) >= 11 is 6.17. The molecule has 0 saturated carbocycles. The largest absolute Gasteiger partial charge is 0.507 e. The second kappa shape index (κ2) is 7.33. The predicted molar refractivity (Wildman–Crippen MR) is 113 cm³/mol. The summed E-state index contributed by atoms with van der Waals surface area (Å²) < 4.78 is 11.4. The lowest BCUT2D eigenvalue weighted by Gasteiger charge is -2.25. The van der Waals surface area contributed by atoms with Gasteiger partial charge >= 0.3 is 0 Å². The molecule has 6 heteroatoms. The maximum absolute atomic E-state index is 10.4. The molecular formula is C23H19ClN2O3. The average molecular weight is 407 g/mol. The SMILES string of the molecule is Oc1ccc(Cl)cc1C1=NN(c2ccccc2)C(c2ccc3c(c2)OCCO3)C1. The summed E-state index contributed by atoms with van der Waals surface area (Å²) in [6.07, 6.45) is 0.627. The van der Waals surface area contributed by atoms with Crippen molar-refractivity contribution in [1.82, 2.24) is 0 Å². The molecule has 2 heterocycles. The van der Waals surface area contributed by atoms with Gasteiger partial charge in [-0.2, -0.15) is 5.10 Å². The van der Waals surface area contributed by atoms with Crippen LogP contribution < -0.4 is 14.5 Å². The zero-order valence-corrected chi connectivity index (χ0v) is 16.3. The highest BCUT2D eigenvalue weighted by Crippen LogP contribution is 2.41. The first-order valence-corrected chi connectivity index (χ1v) is 9.87. The van der Waals surface area contributed by atoms with Crippen molar-refractivity contribution in [3.05, 3.63) is 82.9 Å². The predicted octanol–water partition coefficient (Wildman–Crippen LogP) is 5.17. The average Bonchev–Trinajstić information content (AvgIpc) is 3.21. The van der Waals surface area contributed by atoms with E-state index in [1.165, 1.54) is 0 Å². The summed E-state index contributed by atoms with van der Waals surface area (Å²) in [5.74, 6) is 1.68. The van der Waals surface area contributed by atoms with Crippen molar-refractivity contribution in [3.63, 3.8) is 0 Å². The Morgan fingerprint density at radius 3 is 2.55 bits per heavy atom. The van der Waals surface area contributed by atoms with E-state index in [1.54, 1.807) is 18.2 Å². The molecule has 3 aromatic rings. The van der Waals surface area contributed by atoms with Gasteiger partial charge in [-0.15, -0.1) is 0 Å². The summed E-state index contributed by atoms with van der Waals surface area (Å²) in [5.41, 5.74) is 3.48. The van der Waals surface area contributed by atoms with E-state index >= 15 is 0 Å². The van der Waals surface area contributed by atoms with Gasteiger partial charge in [-0.05, 0) is 48.0 Å². The molecule has 1 N–H and O–H groups in total. The molecule has 1 unspecified atom stereocenters. The molecule has 29 heavy (non-hydrogen) atoms. The van der Waals surface area contributed by atoms with Crippen LogP contribution in [0.15, 0.2) is 71.8 Å². The van der Waals surface area contributed by atoms with Gasteiger partial charge in [0, 0.05) is 17.0 Å². The van der Waals surface area contributed by atoms with Gasteiger partial charge in [0.25, 0.3) is 0 Å². The molecule has 0 bridgehead atoms. The lowest BCUT2D eigenvalue weighted by atomic mass is 9.97. The molecule has 0 saturated heterocycles. The number of phenolic OH excluding ortho intramolecular Hbond substituents is 1. The second-order valence-electron chi connectivity index (χ2n) is 7.01. The third-order valence-corrected chi connectivity index (χ3v) is 5.39. The zero-order valence-electron chi connectivity index (χ0n) is 15.6. The zero-order chi connectivity index (χ0) is 19.8. The summed E-state index contributed by atoms with van der Waals surface area (Å²) in [6.45, 7) is 1.11. The van der Waals surface area contributed by atoms with Crippen LogP contribution in [0.1, 0.15) is 23.6 Å². The monoisotopic (exact) mass is 406 g/mol. The summed E-state index contributed by atoms with van der Waals surface area (Å²) in [5, 5.41) is 17.8. The van der Waals surface area contributed by atoms with Gasteiger partial charge in [0.2, 0.25) is 0 Å². The molecule has 5 nitrogen and oxygen atoms in total. The van der Waals surface area contributed by atoms with Crippen LogP contribution >= 0.6 is 11.6 Å². The van der Waals surface area contributed by atoms with E-state index < -0.39 is 0 Å². The van der Waals surface area contributed by atoms with E-state index in [4.69, 9.17) is 26.2 Å². The van der Waals surface area contributed by atoms with Crippen LogP contribution in [0.25, 0.3) is 0 Å². The van der Waals surface area contributed by atoms with E-state index in [0.717, 1.165) is 28.5 Å². The minimum absolute atomic E-state index is 0.0402. The van der Waals surface area contributed by atoms with Crippen LogP contribution in [0.3, 0.4) is 0 Å². The topological polar surface area (TPSA) is 54.3 Å². The van der Waals surface area contributed by atoms with Crippen LogP contribution in [-0.4, -0.2) is 24.0 Å².